The second kappa shape index (κ2) is 3.24. The van der Waals surface area contributed by atoms with E-state index in [0.717, 1.165) is 40.9 Å². The molecule has 0 aliphatic carbocycles. The Hall–Kier alpha value is -0.550. The molecule has 3 nitrogen and oxygen atoms in total. The van der Waals surface area contributed by atoms with Crippen LogP contribution in [0.15, 0.2) is 21.7 Å². The van der Waals surface area contributed by atoms with E-state index in [4.69, 9.17) is 0 Å². The van der Waals surface area contributed by atoms with Crippen LogP contribution in [0.4, 0.5) is 0 Å². The number of thioether (sulfide) groups is 2. The van der Waals surface area contributed by atoms with Crippen molar-refractivity contribution in [2.24, 2.45) is 0 Å². The van der Waals surface area contributed by atoms with Gasteiger partial charge in [-0.25, -0.2) is 0 Å². The van der Waals surface area contributed by atoms with Crippen molar-refractivity contribution in [1.29, 1.82) is 0 Å². The van der Waals surface area contributed by atoms with Gasteiger partial charge in [0, 0.05) is 24.6 Å². The Kier molecular flexibility index (Phi) is 2.02. The highest BCUT2D eigenvalue weighted by Crippen LogP contribution is 2.40. The van der Waals surface area contributed by atoms with Crippen LogP contribution in [0, 0.1) is 0 Å². The fourth-order valence-electron chi connectivity index (χ4n) is 1.84. The van der Waals surface area contributed by atoms with Crippen LogP contribution < -0.4 is 5.32 Å². The zero-order valence-electron chi connectivity index (χ0n) is 7.58. The van der Waals surface area contributed by atoms with Crippen LogP contribution in [0.25, 0.3) is 0 Å². The van der Waals surface area contributed by atoms with Gasteiger partial charge in [0.05, 0.1) is 10.6 Å². The highest BCUT2D eigenvalue weighted by Gasteiger charge is 2.37. The summed E-state index contributed by atoms with van der Waals surface area (Å²) in [7, 11) is 0. The van der Waals surface area contributed by atoms with Gasteiger partial charge in [-0.2, -0.15) is 0 Å². The molecule has 0 saturated heterocycles. The molecule has 74 valence electrons. The Bertz CT molecular complexity index is 362. The number of amides is 1. The van der Waals surface area contributed by atoms with Crippen LogP contribution >= 0.6 is 23.5 Å². The van der Waals surface area contributed by atoms with Crippen molar-refractivity contribution in [1.82, 2.24) is 10.2 Å². The zero-order chi connectivity index (χ0) is 9.54. The van der Waals surface area contributed by atoms with Crippen LogP contribution in [0.5, 0.6) is 0 Å². The Morgan fingerprint density at radius 1 is 1.43 bits per heavy atom. The molecule has 0 radical (unpaired) electrons. The lowest BCUT2D eigenvalue weighted by molar-refractivity contribution is -0.124. The molecule has 0 aromatic carbocycles. The molecule has 5 heteroatoms. The topological polar surface area (TPSA) is 32.3 Å². The Balaban J connectivity index is 2.06. The molecule has 3 rings (SSSR count). The second-order valence-electron chi connectivity index (χ2n) is 3.31. The Labute approximate surface area is 91.0 Å². The summed E-state index contributed by atoms with van der Waals surface area (Å²) in [6, 6.07) is 0. The molecule has 0 saturated carbocycles. The molecule has 0 spiro atoms. The van der Waals surface area contributed by atoms with Gasteiger partial charge in [-0.1, -0.05) is 0 Å². The minimum absolute atomic E-state index is 0.166. The molecule has 3 heterocycles. The minimum Gasteiger partial charge on any atom is -0.379 e. The fourth-order valence-corrected chi connectivity index (χ4v) is 3.76. The van der Waals surface area contributed by atoms with Gasteiger partial charge in [0.2, 0.25) is 0 Å². The van der Waals surface area contributed by atoms with Crippen LogP contribution in [-0.2, 0) is 4.79 Å². The molecule has 0 fully saturated rings. The van der Waals surface area contributed by atoms with E-state index < -0.39 is 0 Å². The van der Waals surface area contributed by atoms with E-state index >= 15 is 0 Å². The molecule has 3 aliphatic heterocycles. The zero-order valence-corrected chi connectivity index (χ0v) is 9.21. The monoisotopic (exact) mass is 226 g/mol. The largest absolute Gasteiger partial charge is 0.379 e. The van der Waals surface area contributed by atoms with Gasteiger partial charge in [-0.15, -0.1) is 23.5 Å². The van der Waals surface area contributed by atoms with Crippen molar-refractivity contribution in [2.75, 3.05) is 24.6 Å². The van der Waals surface area contributed by atoms with Crippen LogP contribution in [0.3, 0.4) is 0 Å². The third kappa shape index (κ3) is 1.12. The lowest BCUT2D eigenvalue weighted by Crippen LogP contribution is -2.33. The Morgan fingerprint density at radius 3 is 3.29 bits per heavy atom. The first-order chi connectivity index (χ1) is 6.88. The van der Waals surface area contributed by atoms with Crippen molar-refractivity contribution >= 4 is 29.4 Å². The summed E-state index contributed by atoms with van der Waals surface area (Å²) in [6.07, 6.45) is 0. The van der Waals surface area contributed by atoms with Crippen LogP contribution in [-0.4, -0.2) is 35.4 Å². The third-order valence-corrected chi connectivity index (χ3v) is 4.41. The summed E-state index contributed by atoms with van der Waals surface area (Å²) in [5.41, 5.74) is 1.95. The SMILES string of the molecule is O=C1C2=C(SCCN2)C2=CSCCN12. The summed E-state index contributed by atoms with van der Waals surface area (Å²) >= 11 is 3.59. The standard InChI is InChI=1S/C9H10N2OS2/c12-9-7-8(14-3-1-10-7)6-5-13-4-2-11(6)9/h5,10H,1-4H2. The second-order valence-corrected chi connectivity index (χ2v) is 5.39. The summed E-state index contributed by atoms with van der Waals surface area (Å²) in [5, 5.41) is 5.32. The lowest BCUT2D eigenvalue weighted by Gasteiger charge is -2.22. The predicted molar refractivity (Wildman–Crippen MR) is 59.7 cm³/mol. The molecule has 0 unspecified atom stereocenters. The number of nitrogens with zero attached hydrogens (tertiary/aromatic N) is 1. The van der Waals surface area contributed by atoms with Gasteiger partial charge in [-0.3, -0.25) is 4.79 Å². The van der Waals surface area contributed by atoms with Crippen molar-refractivity contribution in [2.45, 2.75) is 0 Å². The molecular weight excluding hydrogens is 216 g/mol. The average molecular weight is 226 g/mol. The normalized spacial score (nSPS) is 25.6. The smallest absolute Gasteiger partial charge is 0.275 e. The number of carbonyl (C=O) groups excluding carboxylic acids is 1. The van der Waals surface area contributed by atoms with E-state index in [1.54, 1.807) is 23.5 Å². The van der Waals surface area contributed by atoms with Gasteiger partial charge in [0.1, 0.15) is 5.70 Å². The maximum atomic E-state index is 11.9. The first-order valence-electron chi connectivity index (χ1n) is 4.63. The maximum Gasteiger partial charge on any atom is 0.275 e. The summed E-state index contributed by atoms with van der Waals surface area (Å²) in [4.78, 5) is 15.0. The van der Waals surface area contributed by atoms with Crippen molar-refractivity contribution in [3.63, 3.8) is 0 Å². The average Bonchev–Trinajstić information content (AvgIpc) is 2.55. The molecule has 0 bridgehead atoms. The van der Waals surface area contributed by atoms with Gasteiger partial charge in [0.25, 0.3) is 5.91 Å². The highest BCUT2D eigenvalue weighted by atomic mass is 32.2. The molecule has 3 aliphatic rings. The fraction of sp³-hybridized carbons (Fsp3) is 0.444. The number of rotatable bonds is 0. The van der Waals surface area contributed by atoms with Gasteiger partial charge < -0.3 is 10.2 Å². The maximum absolute atomic E-state index is 11.9. The summed E-state index contributed by atoms with van der Waals surface area (Å²) < 4.78 is 0. The van der Waals surface area contributed by atoms with E-state index in [9.17, 15) is 4.79 Å². The molecule has 14 heavy (non-hydrogen) atoms. The summed E-state index contributed by atoms with van der Waals surface area (Å²) in [5.74, 6) is 2.24. The lowest BCUT2D eigenvalue weighted by atomic mass is 10.4. The van der Waals surface area contributed by atoms with Crippen molar-refractivity contribution in [3.8, 4) is 0 Å². The first-order valence-corrected chi connectivity index (χ1v) is 6.66. The van der Waals surface area contributed by atoms with E-state index in [-0.39, 0.29) is 5.91 Å². The van der Waals surface area contributed by atoms with E-state index in [1.807, 2.05) is 4.90 Å². The van der Waals surface area contributed by atoms with E-state index in [2.05, 4.69) is 10.7 Å². The van der Waals surface area contributed by atoms with E-state index in [0.29, 0.717) is 0 Å². The number of hydrogen-bond acceptors (Lipinski definition) is 4. The van der Waals surface area contributed by atoms with Gasteiger partial charge in [0.15, 0.2) is 0 Å². The first kappa shape index (κ1) is 8.73. The highest BCUT2D eigenvalue weighted by molar-refractivity contribution is 8.04. The number of fused-ring (bicyclic) bond motifs is 2. The summed E-state index contributed by atoms with van der Waals surface area (Å²) in [6.45, 7) is 1.76. The quantitative estimate of drug-likeness (QED) is 0.667. The number of hydrogen-bond donors (Lipinski definition) is 1. The Morgan fingerprint density at radius 2 is 2.36 bits per heavy atom. The molecule has 1 amide bonds. The van der Waals surface area contributed by atoms with Gasteiger partial charge >= 0.3 is 0 Å². The van der Waals surface area contributed by atoms with Crippen LogP contribution in [0.2, 0.25) is 0 Å². The molecule has 0 aromatic heterocycles. The number of nitrogens with one attached hydrogen (secondary N) is 1. The number of carbonyl (C=O) groups is 1. The molecular formula is C9H10N2OS2. The molecule has 0 atom stereocenters. The van der Waals surface area contributed by atoms with Crippen molar-refractivity contribution in [3.05, 3.63) is 21.7 Å². The predicted octanol–water partition coefficient (Wildman–Crippen LogP) is 0.965. The molecule has 0 aromatic rings. The van der Waals surface area contributed by atoms with E-state index in [1.165, 1.54) is 0 Å². The van der Waals surface area contributed by atoms with Crippen LogP contribution in [0.1, 0.15) is 0 Å². The van der Waals surface area contributed by atoms with Gasteiger partial charge in [-0.05, 0) is 5.41 Å². The van der Waals surface area contributed by atoms with Crippen molar-refractivity contribution < 1.29 is 4.79 Å². The third-order valence-electron chi connectivity index (χ3n) is 2.49. The minimum atomic E-state index is 0.166. The molecule has 1 N–H and O–H groups in total.